The average Bonchev–Trinajstić information content (AvgIpc) is 2.74. The van der Waals surface area contributed by atoms with Gasteiger partial charge in [0.25, 0.3) is 6.08 Å². The maximum absolute atomic E-state index is 14.6. The molecule has 29 heavy (non-hydrogen) atoms. The number of rotatable bonds is 6. The molecule has 0 unspecified atom stereocenters. The summed E-state index contributed by atoms with van der Waals surface area (Å²) in [5.74, 6) is -1.51. The van der Waals surface area contributed by atoms with Gasteiger partial charge in [0.2, 0.25) is 0 Å². The lowest BCUT2D eigenvalue weighted by molar-refractivity contribution is 0.351. The SMILES string of the molecule is CCCc1ccc(C(F)=C(F)c2ccc(C3CCC(C=C(F)F)CC3)cc2)cc1. The quantitative estimate of drug-likeness (QED) is 0.336. The summed E-state index contributed by atoms with van der Waals surface area (Å²) in [5, 5.41) is 0. The zero-order valence-electron chi connectivity index (χ0n) is 16.6. The van der Waals surface area contributed by atoms with E-state index >= 15 is 0 Å². The van der Waals surface area contributed by atoms with Crippen LogP contribution in [0.2, 0.25) is 0 Å². The predicted molar refractivity (Wildman–Crippen MR) is 111 cm³/mol. The van der Waals surface area contributed by atoms with Gasteiger partial charge >= 0.3 is 0 Å². The Bertz CT molecular complexity index is 851. The Morgan fingerprint density at radius 2 is 1.31 bits per heavy atom. The largest absolute Gasteiger partial charge is 0.266 e. The summed E-state index contributed by atoms with van der Waals surface area (Å²) in [7, 11) is 0. The molecule has 0 saturated heterocycles. The Labute approximate surface area is 170 Å². The van der Waals surface area contributed by atoms with Crippen molar-refractivity contribution in [1.29, 1.82) is 0 Å². The van der Waals surface area contributed by atoms with E-state index in [4.69, 9.17) is 0 Å². The van der Waals surface area contributed by atoms with E-state index < -0.39 is 17.7 Å². The summed E-state index contributed by atoms with van der Waals surface area (Å²) in [6.45, 7) is 2.07. The van der Waals surface area contributed by atoms with Gasteiger partial charge in [-0.25, -0.2) is 8.78 Å². The van der Waals surface area contributed by atoms with Gasteiger partial charge < -0.3 is 0 Å². The number of hydrogen-bond acceptors (Lipinski definition) is 0. The molecule has 154 valence electrons. The highest BCUT2D eigenvalue weighted by atomic mass is 19.3. The van der Waals surface area contributed by atoms with E-state index in [-0.39, 0.29) is 23.0 Å². The second-order valence-corrected chi connectivity index (χ2v) is 7.76. The minimum atomic E-state index is -1.61. The normalized spacial score (nSPS) is 20.2. The van der Waals surface area contributed by atoms with Crippen LogP contribution in [0, 0.1) is 5.92 Å². The van der Waals surface area contributed by atoms with Crippen LogP contribution in [0.15, 0.2) is 60.7 Å². The first kappa shape index (κ1) is 21.4. The molecule has 0 N–H and O–H groups in total. The zero-order valence-corrected chi connectivity index (χ0v) is 16.6. The van der Waals surface area contributed by atoms with Crippen LogP contribution >= 0.6 is 0 Å². The minimum absolute atomic E-state index is 0.0614. The van der Waals surface area contributed by atoms with Gasteiger partial charge in [0.1, 0.15) is 0 Å². The van der Waals surface area contributed by atoms with Gasteiger partial charge in [-0.1, -0.05) is 61.9 Å². The molecule has 1 saturated carbocycles. The molecule has 0 nitrogen and oxygen atoms in total. The molecule has 2 aromatic rings. The summed E-state index contributed by atoms with van der Waals surface area (Å²) in [5.41, 5.74) is 2.60. The maximum atomic E-state index is 14.6. The van der Waals surface area contributed by atoms with E-state index in [1.807, 2.05) is 24.3 Å². The van der Waals surface area contributed by atoms with Crippen LogP contribution in [-0.2, 0) is 6.42 Å². The van der Waals surface area contributed by atoms with Crippen molar-refractivity contribution in [1.82, 2.24) is 0 Å². The first-order chi connectivity index (χ1) is 14.0. The molecule has 0 aromatic heterocycles. The smallest absolute Gasteiger partial charge is 0.203 e. The fraction of sp³-hybridized carbons (Fsp3) is 0.360. The number of halogens is 4. The monoisotopic (exact) mass is 402 g/mol. The average molecular weight is 402 g/mol. The highest BCUT2D eigenvalue weighted by Gasteiger charge is 2.22. The Morgan fingerprint density at radius 3 is 1.79 bits per heavy atom. The van der Waals surface area contributed by atoms with Gasteiger partial charge in [-0.3, -0.25) is 0 Å². The van der Waals surface area contributed by atoms with Crippen LogP contribution in [0.25, 0.3) is 11.7 Å². The van der Waals surface area contributed by atoms with Crippen molar-refractivity contribution >= 4 is 11.7 Å². The Kier molecular flexibility index (Phi) is 7.29. The summed E-state index contributed by atoms with van der Waals surface area (Å²) >= 11 is 0. The van der Waals surface area contributed by atoms with E-state index in [0.29, 0.717) is 0 Å². The third-order valence-electron chi connectivity index (χ3n) is 5.71. The fourth-order valence-corrected chi connectivity index (χ4v) is 4.06. The summed E-state index contributed by atoms with van der Waals surface area (Å²) in [6.07, 6.45) is 4.45. The Balaban J connectivity index is 1.69. The van der Waals surface area contributed by atoms with E-state index in [2.05, 4.69) is 6.92 Å². The van der Waals surface area contributed by atoms with Crippen molar-refractivity contribution in [3.63, 3.8) is 0 Å². The van der Waals surface area contributed by atoms with E-state index in [9.17, 15) is 17.6 Å². The first-order valence-corrected chi connectivity index (χ1v) is 10.3. The van der Waals surface area contributed by atoms with Crippen LogP contribution in [0.5, 0.6) is 0 Å². The molecule has 4 heteroatoms. The molecule has 0 aliphatic heterocycles. The number of allylic oxidation sites excluding steroid dienone is 1. The lowest BCUT2D eigenvalue weighted by Gasteiger charge is -2.26. The molecule has 0 atom stereocenters. The van der Waals surface area contributed by atoms with Crippen molar-refractivity contribution in [2.75, 3.05) is 0 Å². The molecule has 0 heterocycles. The van der Waals surface area contributed by atoms with Crippen LogP contribution in [0.4, 0.5) is 17.6 Å². The van der Waals surface area contributed by atoms with Crippen LogP contribution < -0.4 is 0 Å². The number of benzene rings is 2. The van der Waals surface area contributed by atoms with Crippen molar-refractivity contribution in [2.45, 2.75) is 51.4 Å². The molecular weight excluding hydrogens is 376 g/mol. The molecule has 1 fully saturated rings. The predicted octanol–water partition coefficient (Wildman–Crippen LogP) is 8.46. The van der Waals surface area contributed by atoms with Gasteiger partial charge in [0, 0.05) is 11.1 Å². The standard InChI is InChI=1S/C25H26F4/c1-2-3-17-4-10-21(11-5-17)24(28)25(29)22-14-12-20(13-15-22)19-8-6-18(7-9-19)16-23(26)27/h4-5,10-16,18-19H,2-3,6-9H2,1H3. The Hall–Kier alpha value is -2.36. The summed E-state index contributed by atoms with van der Waals surface area (Å²) in [6, 6.07) is 13.7. The van der Waals surface area contributed by atoms with Crippen molar-refractivity contribution < 1.29 is 17.6 Å². The third kappa shape index (κ3) is 5.59. The molecule has 1 aliphatic carbocycles. The molecule has 1 aliphatic rings. The highest BCUT2D eigenvalue weighted by molar-refractivity contribution is 5.83. The molecule has 0 amide bonds. The van der Waals surface area contributed by atoms with E-state index in [1.165, 1.54) is 0 Å². The summed E-state index contributed by atoms with van der Waals surface area (Å²) < 4.78 is 54.0. The van der Waals surface area contributed by atoms with E-state index in [1.54, 1.807) is 24.3 Å². The lowest BCUT2D eigenvalue weighted by Crippen LogP contribution is -2.11. The lowest BCUT2D eigenvalue weighted by atomic mass is 9.78. The highest BCUT2D eigenvalue weighted by Crippen LogP contribution is 2.37. The van der Waals surface area contributed by atoms with Crippen LogP contribution in [0.1, 0.15) is 67.2 Å². The molecular formula is C25H26F4. The first-order valence-electron chi connectivity index (χ1n) is 10.3. The van der Waals surface area contributed by atoms with Gasteiger partial charge in [-0.05, 0) is 61.1 Å². The minimum Gasteiger partial charge on any atom is -0.203 e. The topological polar surface area (TPSA) is 0 Å². The van der Waals surface area contributed by atoms with Gasteiger partial charge in [-0.15, -0.1) is 0 Å². The number of aryl methyl sites for hydroxylation is 1. The van der Waals surface area contributed by atoms with Crippen LogP contribution in [0.3, 0.4) is 0 Å². The second kappa shape index (κ2) is 9.91. The maximum Gasteiger partial charge on any atom is 0.266 e. The molecule has 0 bridgehead atoms. The molecule has 3 rings (SSSR count). The molecule has 0 spiro atoms. The van der Waals surface area contributed by atoms with Crippen molar-refractivity contribution in [3.05, 3.63) is 82.9 Å². The van der Waals surface area contributed by atoms with Gasteiger partial charge in [0.05, 0.1) is 0 Å². The molecule has 0 radical (unpaired) electrons. The third-order valence-corrected chi connectivity index (χ3v) is 5.71. The van der Waals surface area contributed by atoms with E-state index in [0.717, 1.165) is 55.7 Å². The Morgan fingerprint density at radius 1 is 0.793 bits per heavy atom. The summed E-state index contributed by atoms with van der Waals surface area (Å²) in [4.78, 5) is 0. The van der Waals surface area contributed by atoms with Crippen LogP contribution in [-0.4, -0.2) is 0 Å². The van der Waals surface area contributed by atoms with Crippen molar-refractivity contribution in [3.8, 4) is 0 Å². The number of hydrogen-bond donors (Lipinski definition) is 0. The zero-order chi connectivity index (χ0) is 20.8. The molecule has 2 aromatic carbocycles. The van der Waals surface area contributed by atoms with Crippen molar-refractivity contribution in [2.24, 2.45) is 5.92 Å². The van der Waals surface area contributed by atoms with Gasteiger partial charge in [0.15, 0.2) is 11.7 Å². The second-order valence-electron chi connectivity index (χ2n) is 7.76. The fourth-order valence-electron chi connectivity index (χ4n) is 4.06. The van der Waals surface area contributed by atoms with Gasteiger partial charge in [-0.2, -0.15) is 8.78 Å².